The van der Waals surface area contributed by atoms with Crippen LogP contribution in [-0.2, 0) is 6.54 Å². The maximum absolute atomic E-state index is 11.9. The Balaban J connectivity index is 2.39. The molecule has 0 spiro atoms. The maximum Gasteiger partial charge on any atom is 0.268 e. The molecule has 0 aliphatic carbocycles. The fraction of sp³-hybridized carbons (Fsp3) is 0.200. The number of halogens is 2. The van der Waals surface area contributed by atoms with Gasteiger partial charge in [-0.2, -0.15) is 5.10 Å². The van der Waals surface area contributed by atoms with Gasteiger partial charge in [0.2, 0.25) is 0 Å². The summed E-state index contributed by atoms with van der Waals surface area (Å²) in [7, 11) is 0. The Labute approximate surface area is 111 Å². The summed E-state index contributed by atoms with van der Waals surface area (Å²) in [4.78, 5) is 16.0. The van der Waals surface area contributed by atoms with Crippen LogP contribution in [0.4, 0.5) is 0 Å². The lowest BCUT2D eigenvalue weighted by molar-refractivity contribution is 0.672. The summed E-state index contributed by atoms with van der Waals surface area (Å²) >= 11 is 8.79. The monoisotopic (exact) mass is 314 g/mol. The van der Waals surface area contributed by atoms with Crippen molar-refractivity contribution in [3.63, 3.8) is 0 Å². The smallest absolute Gasteiger partial charge is 0.268 e. The van der Waals surface area contributed by atoms with E-state index in [-0.39, 0.29) is 5.56 Å². The highest BCUT2D eigenvalue weighted by atomic mass is 79.9. The lowest BCUT2D eigenvalue weighted by Gasteiger charge is -2.08. The van der Waals surface area contributed by atoms with Crippen LogP contribution in [0.3, 0.4) is 0 Å². The van der Waals surface area contributed by atoms with Gasteiger partial charge in [-0.15, -0.1) is 5.10 Å². The Bertz CT molecular complexity index is 596. The van der Waals surface area contributed by atoms with Crippen molar-refractivity contribution < 1.29 is 0 Å². The van der Waals surface area contributed by atoms with Crippen molar-refractivity contribution in [1.29, 1.82) is 0 Å². The third kappa shape index (κ3) is 2.70. The van der Waals surface area contributed by atoms with Gasteiger partial charge in [0.05, 0.1) is 12.2 Å². The zero-order valence-corrected chi connectivity index (χ0v) is 11.2. The van der Waals surface area contributed by atoms with E-state index in [2.05, 4.69) is 31.1 Å². The third-order valence-corrected chi connectivity index (χ3v) is 2.96. The van der Waals surface area contributed by atoms with E-state index in [1.54, 1.807) is 19.1 Å². The minimum Gasteiger partial charge on any atom is -0.290 e. The molecule has 0 aliphatic heterocycles. The molecular formula is C10H8BrClN4O. The molecule has 5 nitrogen and oxygen atoms in total. The summed E-state index contributed by atoms with van der Waals surface area (Å²) < 4.78 is 1.94. The van der Waals surface area contributed by atoms with E-state index in [1.807, 2.05) is 0 Å². The highest BCUT2D eigenvalue weighted by Crippen LogP contribution is 2.06. The van der Waals surface area contributed by atoms with Crippen LogP contribution in [0, 0.1) is 6.92 Å². The van der Waals surface area contributed by atoms with E-state index in [0.717, 1.165) is 0 Å². The molecule has 88 valence electrons. The van der Waals surface area contributed by atoms with Crippen LogP contribution in [0.25, 0.3) is 0 Å². The van der Waals surface area contributed by atoms with Gasteiger partial charge in [0.25, 0.3) is 5.56 Å². The second kappa shape index (κ2) is 4.93. The molecule has 0 aromatic carbocycles. The highest BCUT2D eigenvalue weighted by molar-refractivity contribution is 9.10. The van der Waals surface area contributed by atoms with Crippen LogP contribution in [0.15, 0.2) is 27.6 Å². The van der Waals surface area contributed by atoms with Crippen molar-refractivity contribution in [2.45, 2.75) is 13.5 Å². The van der Waals surface area contributed by atoms with E-state index < -0.39 is 0 Å². The summed E-state index contributed by atoms with van der Waals surface area (Å²) in [5, 5.41) is 7.95. The average Bonchev–Trinajstić information content (AvgIpc) is 2.32. The van der Waals surface area contributed by atoms with Gasteiger partial charge < -0.3 is 0 Å². The molecule has 0 aliphatic rings. The maximum atomic E-state index is 11.9. The van der Waals surface area contributed by atoms with Crippen molar-refractivity contribution in [2.24, 2.45) is 0 Å². The molecule has 0 saturated heterocycles. The SMILES string of the molecule is Cc1ncc(Br)c(=O)n1Cc1ccc(Cl)nn1. The number of hydrogen-bond acceptors (Lipinski definition) is 4. The van der Waals surface area contributed by atoms with Crippen LogP contribution >= 0.6 is 27.5 Å². The van der Waals surface area contributed by atoms with Gasteiger partial charge in [-0.1, -0.05) is 11.6 Å². The predicted octanol–water partition coefficient (Wildman–Crippen LogP) is 1.81. The molecule has 0 bridgehead atoms. The molecule has 0 unspecified atom stereocenters. The number of aryl methyl sites for hydroxylation is 1. The minimum absolute atomic E-state index is 0.144. The van der Waals surface area contributed by atoms with Gasteiger partial charge in [0.15, 0.2) is 5.15 Å². The summed E-state index contributed by atoms with van der Waals surface area (Å²) in [5.41, 5.74) is 0.508. The van der Waals surface area contributed by atoms with Crippen LogP contribution in [0.5, 0.6) is 0 Å². The van der Waals surface area contributed by atoms with Crippen molar-refractivity contribution in [3.05, 3.63) is 49.8 Å². The Morgan fingerprint density at radius 1 is 1.41 bits per heavy atom. The zero-order chi connectivity index (χ0) is 12.4. The molecule has 0 fully saturated rings. The molecular weight excluding hydrogens is 307 g/mol. The van der Waals surface area contributed by atoms with Gasteiger partial charge >= 0.3 is 0 Å². The van der Waals surface area contributed by atoms with Crippen LogP contribution in [-0.4, -0.2) is 19.7 Å². The number of aromatic nitrogens is 4. The molecule has 2 rings (SSSR count). The molecule has 0 atom stereocenters. The fourth-order valence-corrected chi connectivity index (χ4v) is 1.74. The summed E-state index contributed by atoms with van der Waals surface area (Å²) in [6.07, 6.45) is 1.49. The van der Waals surface area contributed by atoms with E-state index in [9.17, 15) is 4.79 Å². The molecule has 17 heavy (non-hydrogen) atoms. The first-order valence-corrected chi connectivity index (χ1v) is 5.95. The predicted molar refractivity (Wildman–Crippen MR) is 67.1 cm³/mol. The average molecular weight is 316 g/mol. The van der Waals surface area contributed by atoms with Crippen LogP contribution < -0.4 is 5.56 Å². The molecule has 2 aromatic rings. The van der Waals surface area contributed by atoms with Gasteiger partial charge in [-0.3, -0.25) is 9.36 Å². The lowest BCUT2D eigenvalue weighted by atomic mass is 10.3. The second-order valence-corrected chi connectivity index (χ2v) is 4.63. The van der Waals surface area contributed by atoms with Crippen LogP contribution in [0.1, 0.15) is 11.5 Å². The van der Waals surface area contributed by atoms with Crippen molar-refractivity contribution >= 4 is 27.5 Å². The van der Waals surface area contributed by atoms with Gasteiger partial charge in [-0.05, 0) is 35.0 Å². The first-order chi connectivity index (χ1) is 8.08. The second-order valence-electron chi connectivity index (χ2n) is 3.39. The zero-order valence-electron chi connectivity index (χ0n) is 8.89. The Kier molecular flexibility index (Phi) is 3.54. The Morgan fingerprint density at radius 2 is 2.18 bits per heavy atom. The number of nitrogens with zero attached hydrogens (tertiary/aromatic N) is 4. The first-order valence-electron chi connectivity index (χ1n) is 4.78. The largest absolute Gasteiger partial charge is 0.290 e. The highest BCUT2D eigenvalue weighted by Gasteiger charge is 2.07. The summed E-state index contributed by atoms with van der Waals surface area (Å²) in [6.45, 7) is 2.08. The fourth-order valence-electron chi connectivity index (χ4n) is 1.33. The Hall–Kier alpha value is -1.27. The van der Waals surface area contributed by atoms with Gasteiger partial charge in [-0.25, -0.2) is 4.98 Å². The summed E-state index contributed by atoms with van der Waals surface area (Å²) in [5.74, 6) is 0.620. The quantitative estimate of drug-likeness (QED) is 0.848. The van der Waals surface area contributed by atoms with E-state index in [1.165, 1.54) is 10.8 Å². The molecule has 7 heteroatoms. The van der Waals surface area contributed by atoms with Crippen molar-refractivity contribution in [3.8, 4) is 0 Å². The van der Waals surface area contributed by atoms with E-state index in [4.69, 9.17) is 11.6 Å². The summed E-state index contributed by atoms with van der Waals surface area (Å²) in [6, 6.07) is 3.36. The lowest BCUT2D eigenvalue weighted by Crippen LogP contribution is -2.25. The topological polar surface area (TPSA) is 60.7 Å². The third-order valence-electron chi connectivity index (χ3n) is 2.21. The minimum atomic E-state index is -0.144. The van der Waals surface area contributed by atoms with Crippen molar-refractivity contribution in [2.75, 3.05) is 0 Å². The standard InChI is InChI=1S/C10H8BrClN4O/c1-6-13-4-8(11)10(17)16(6)5-7-2-3-9(12)15-14-7/h2-4H,5H2,1H3. The van der Waals surface area contributed by atoms with E-state index >= 15 is 0 Å². The molecule has 0 saturated carbocycles. The van der Waals surface area contributed by atoms with Crippen LogP contribution in [0.2, 0.25) is 5.15 Å². The van der Waals surface area contributed by atoms with Gasteiger partial charge in [0, 0.05) is 6.20 Å². The Morgan fingerprint density at radius 3 is 2.82 bits per heavy atom. The molecule has 2 aromatic heterocycles. The normalized spacial score (nSPS) is 10.5. The molecule has 0 radical (unpaired) electrons. The van der Waals surface area contributed by atoms with Crippen molar-refractivity contribution in [1.82, 2.24) is 19.7 Å². The number of hydrogen-bond donors (Lipinski definition) is 0. The molecule has 0 amide bonds. The first kappa shape index (κ1) is 12.2. The number of rotatable bonds is 2. The van der Waals surface area contributed by atoms with E-state index in [0.29, 0.717) is 27.7 Å². The molecule has 2 heterocycles. The molecule has 0 N–H and O–H groups in total. The van der Waals surface area contributed by atoms with Gasteiger partial charge in [0.1, 0.15) is 10.3 Å².